The van der Waals surface area contributed by atoms with Gasteiger partial charge in [0.1, 0.15) is 12.3 Å². The van der Waals surface area contributed by atoms with Crippen molar-refractivity contribution >= 4 is 39.4 Å². The van der Waals surface area contributed by atoms with Gasteiger partial charge in [-0.05, 0) is 60.0 Å². The number of hydrazone groups is 1. The summed E-state index contributed by atoms with van der Waals surface area (Å²) >= 11 is 0. The average Bonchev–Trinajstić information content (AvgIpc) is 3.04. The Hall–Kier alpha value is -5.56. The van der Waals surface area contributed by atoms with Gasteiger partial charge >= 0.3 is 0 Å². The molecule has 4 aromatic carbocycles. The van der Waals surface area contributed by atoms with Crippen LogP contribution in [0.15, 0.2) is 119 Å². The first kappa shape index (κ1) is 31.4. The van der Waals surface area contributed by atoms with E-state index in [0.717, 1.165) is 22.0 Å². The second kappa shape index (κ2) is 15.1. The van der Waals surface area contributed by atoms with E-state index in [0.29, 0.717) is 24.3 Å². The maximum atomic E-state index is 13.5. The zero-order valence-corrected chi connectivity index (χ0v) is 24.2. The Morgan fingerprint density at radius 1 is 0.864 bits per heavy atom. The fourth-order valence-electron chi connectivity index (χ4n) is 4.04. The van der Waals surface area contributed by atoms with Gasteiger partial charge in [-0.3, -0.25) is 24.0 Å². The number of anilines is 1. The van der Waals surface area contributed by atoms with Crippen molar-refractivity contribution in [2.45, 2.75) is 11.3 Å². The molecule has 13 heteroatoms. The third-order valence-corrected chi connectivity index (χ3v) is 8.01. The van der Waals surface area contributed by atoms with Gasteiger partial charge in [-0.2, -0.15) is 5.10 Å². The molecule has 4 aromatic rings. The highest BCUT2D eigenvalue weighted by Crippen LogP contribution is 2.29. The summed E-state index contributed by atoms with van der Waals surface area (Å²) in [4.78, 5) is 35.0. The molecule has 0 spiro atoms. The van der Waals surface area contributed by atoms with E-state index in [4.69, 9.17) is 4.74 Å². The fraction of sp³-hybridized carbons (Fsp3) is 0.129. The molecule has 0 aliphatic carbocycles. The SMILES string of the molecule is O=C(COc1ccc(/C=N\NC(=O)CN(c2ccccc2)S(=O)(=O)c2ccccc2[N+](=O)[O-])cc1)NCCc1ccccc1. The highest BCUT2D eigenvalue weighted by Gasteiger charge is 2.33. The number of hydrogen-bond acceptors (Lipinski definition) is 8. The van der Waals surface area contributed by atoms with E-state index in [1.165, 1.54) is 30.5 Å². The number of sulfonamides is 1. The normalized spacial score (nSPS) is 11.1. The van der Waals surface area contributed by atoms with Crippen LogP contribution in [0.1, 0.15) is 11.1 Å². The van der Waals surface area contributed by atoms with Crippen LogP contribution < -0.4 is 19.8 Å². The topological polar surface area (TPSA) is 160 Å². The van der Waals surface area contributed by atoms with Crippen LogP contribution in [0, 0.1) is 10.1 Å². The van der Waals surface area contributed by atoms with Crippen molar-refractivity contribution in [1.82, 2.24) is 10.7 Å². The summed E-state index contributed by atoms with van der Waals surface area (Å²) in [5.74, 6) is -0.559. The van der Waals surface area contributed by atoms with E-state index in [2.05, 4.69) is 15.8 Å². The van der Waals surface area contributed by atoms with E-state index in [-0.39, 0.29) is 18.2 Å². The second-order valence-corrected chi connectivity index (χ2v) is 11.1. The first-order valence-electron chi connectivity index (χ1n) is 13.4. The van der Waals surface area contributed by atoms with E-state index < -0.39 is 38.0 Å². The first-order chi connectivity index (χ1) is 21.2. The number of para-hydroxylation sites is 2. The quantitative estimate of drug-likeness (QED) is 0.124. The number of ether oxygens (including phenoxy) is 1. The molecule has 0 aromatic heterocycles. The smallest absolute Gasteiger partial charge is 0.289 e. The van der Waals surface area contributed by atoms with Gasteiger partial charge in [-0.25, -0.2) is 13.8 Å². The fourth-order valence-corrected chi connectivity index (χ4v) is 5.62. The summed E-state index contributed by atoms with van der Waals surface area (Å²) in [6, 6.07) is 29.1. The van der Waals surface area contributed by atoms with E-state index in [1.54, 1.807) is 42.5 Å². The van der Waals surface area contributed by atoms with Crippen molar-refractivity contribution in [3.05, 3.63) is 130 Å². The lowest BCUT2D eigenvalue weighted by Gasteiger charge is -2.23. The van der Waals surface area contributed by atoms with Crippen LogP contribution >= 0.6 is 0 Å². The van der Waals surface area contributed by atoms with Gasteiger partial charge in [-0.15, -0.1) is 0 Å². The van der Waals surface area contributed by atoms with Crippen molar-refractivity contribution in [3.63, 3.8) is 0 Å². The van der Waals surface area contributed by atoms with Gasteiger partial charge < -0.3 is 10.1 Å². The van der Waals surface area contributed by atoms with E-state index >= 15 is 0 Å². The molecule has 12 nitrogen and oxygen atoms in total. The first-order valence-corrected chi connectivity index (χ1v) is 14.8. The van der Waals surface area contributed by atoms with Gasteiger partial charge in [0, 0.05) is 12.6 Å². The molecule has 0 aliphatic heterocycles. The Labute approximate surface area is 254 Å². The maximum absolute atomic E-state index is 13.5. The molecule has 0 radical (unpaired) electrons. The van der Waals surface area contributed by atoms with Crippen LogP contribution in [0.4, 0.5) is 11.4 Å². The Morgan fingerprint density at radius 2 is 1.50 bits per heavy atom. The number of nitro groups is 1. The highest BCUT2D eigenvalue weighted by molar-refractivity contribution is 7.93. The zero-order valence-electron chi connectivity index (χ0n) is 23.4. The number of nitro benzene ring substituents is 1. The predicted molar refractivity (Wildman–Crippen MR) is 165 cm³/mol. The molecule has 0 saturated carbocycles. The molecule has 2 amide bonds. The second-order valence-electron chi connectivity index (χ2n) is 9.31. The van der Waals surface area contributed by atoms with Gasteiger partial charge in [0.15, 0.2) is 11.5 Å². The van der Waals surface area contributed by atoms with Gasteiger partial charge in [0.25, 0.3) is 27.5 Å². The molecular formula is C31H29N5O7S. The highest BCUT2D eigenvalue weighted by atomic mass is 32.2. The Balaban J connectivity index is 1.32. The molecule has 0 bridgehead atoms. The number of amides is 2. The predicted octanol–water partition coefficient (Wildman–Crippen LogP) is 3.68. The molecule has 4 rings (SSSR count). The van der Waals surface area contributed by atoms with Crippen LogP contribution in [0.25, 0.3) is 0 Å². The van der Waals surface area contributed by atoms with Crippen molar-refractivity contribution in [2.24, 2.45) is 5.10 Å². The third-order valence-electron chi connectivity index (χ3n) is 6.19. The zero-order chi connectivity index (χ0) is 31.4. The van der Waals surface area contributed by atoms with Crippen molar-refractivity contribution in [1.29, 1.82) is 0 Å². The van der Waals surface area contributed by atoms with Gasteiger partial charge in [0.2, 0.25) is 0 Å². The molecule has 0 fully saturated rings. The Morgan fingerprint density at radius 3 is 2.18 bits per heavy atom. The number of benzene rings is 4. The molecular weight excluding hydrogens is 586 g/mol. The van der Waals surface area contributed by atoms with Gasteiger partial charge in [-0.1, -0.05) is 60.7 Å². The molecule has 0 aliphatic rings. The number of nitrogens with zero attached hydrogens (tertiary/aromatic N) is 3. The molecule has 0 atom stereocenters. The molecule has 0 unspecified atom stereocenters. The number of carbonyl (C=O) groups excluding carboxylic acids is 2. The lowest BCUT2D eigenvalue weighted by Crippen LogP contribution is -2.39. The summed E-state index contributed by atoms with van der Waals surface area (Å²) in [5, 5.41) is 18.2. The summed E-state index contributed by atoms with van der Waals surface area (Å²) in [7, 11) is -4.50. The number of nitrogens with one attached hydrogen (secondary N) is 2. The molecule has 44 heavy (non-hydrogen) atoms. The van der Waals surface area contributed by atoms with E-state index in [1.807, 2.05) is 30.3 Å². The van der Waals surface area contributed by atoms with Crippen LogP contribution in [-0.4, -0.2) is 51.1 Å². The van der Waals surface area contributed by atoms with Crippen LogP contribution in [-0.2, 0) is 26.0 Å². The lowest BCUT2D eigenvalue weighted by atomic mass is 10.1. The minimum absolute atomic E-state index is 0.144. The largest absolute Gasteiger partial charge is 0.484 e. The Bertz CT molecular complexity index is 1720. The summed E-state index contributed by atoms with van der Waals surface area (Å²) < 4.78 is 33.3. The third kappa shape index (κ3) is 8.72. The average molecular weight is 616 g/mol. The van der Waals surface area contributed by atoms with Crippen LogP contribution in [0.3, 0.4) is 0 Å². The number of hydrogen-bond donors (Lipinski definition) is 2. The monoisotopic (exact) mass is 615 g/mol. The summed E-state index contributed by atoms with van der Waals surface area (Å²) in [6.45, 7) is -0.338. The lowest BCUT2D eigenvalue weighted by molar-refractivity contribution is -0.387. The van der Waals surface area contributed by atoms with E-state index in [9.17, 15) is 28.1 Å². The Kier molecular flexibility index (Phi) is 10.7. The summed E-state index contributed by atoms with van der Waals surface area (Å²) in [5.41, 5.74) is 3.54. The van der Waals surface area contributed by atoms with Crippen molar-refractivity contribution in [2.75, 3.05) is 24.0 Å². The standard InChI is InChI=1S/C31H29N5O7S/c37-30(22-35(26-11-5-2-6-12-26)44(41,42)29-14-8-7-13-28(29)36(39)40)34-33-21-25-15-17-27(18-16-25)43-23-31(38)32-20-19-24-9-3-1-4-10-24/h1-18,21H,19-20,22-23H2,(H,32,38)(H,34,37)/b33-21-. The minimum atomic E-state index is -4.50. The summed E-state index contributed by atoms with van der Waals surface area (Å²) in [6.07, 6.45) is 2.06. The molecule has 226 valence electrons. The van der Waals surface area contributed by atoms with Crippen molar-refractivity contribution in [3.8, 4) is 5.75 Å². The van der Waals surface area contributed by atoms with Gasteiger partial charge in [0.05, 0.1) is 16.8 Å². The maximum Gasteiger partial charge on any atom is 0.289 e. The van der Waals surface area contributed by atoms with Crippen molar-refractivity contribution < 1.29 is 27.7 Å². The number of rotatable bonds is 14. The minimum Gasteiger partial charge on any atom is -0.484 e. The van der Waals surface area contributed by atoms with Crippen LogP contribution in [0.5, 0.6) is 5.75 Å². The van der Waals surface area contributed by atoms with Crippen LogP contribution in [0.2, 0.25) is 0 Å². The number of carbonyl (C=O) groups is 2. The molecule has 0 saturated heterocycles. The molecule has 0 heterocycles. The molecule has 2 N–H and O–H groups in total.